The van der Waals surface area contributed by atoms with Crippen LogP contribution in [-0.4, -0.2) is 37.4 Å². The first-order valence-corrected chi connectivity index (χ1v) is 12.4. The molecule has 1 aromatic heterocycles. The van der Waals surface area contributed by atoms with Crippen LogP contribution in [0.5, 0.6) is 0 Å². The highest BCUT2D eigenvalue weighted by Crippen LogP contribution is 2.21. The molecule has 0 spiro atoms. The van der Waals surface area contributed by atoms with Crippen molar-refractivity contribution in [1.29, 1.82) is 0 Å². The molecule has 1 amide bonds. The Balaban J connectivity index is 1.41. The van der Waals surface area contributed by atoms with Gasteiger partial charge in [0.2, 0.25) is 5.95 Å². The fourth-order valence-electron chi connectivity index (χ4n) is 3.85. The van der Waals surface area contributed by atoms with Crippen LogP contribution in [0.4, 0.5) is 17.3 Å². The third-order valence-electron chi connectivity index (χ3n) is 5.48. The number of amides is 1. The fraction of sp³-hybridized carbons (Fsp3) is 0.292. The third-order valence-corrected chi connectivity index (χ3v) is 6.83. The molecular formula is C24H27N5O3S. The Morgan fingerprint density at radius 1 is 0.879 bits per heavy atom. The summed E-state index contributed by atoms with van der Waals surface area (Å²) in [6.45, 7) is 5.63. The molecule has 2 N–H and O–H groups in total. The van der Waals surface area contributed by atoms with Crippen molar-refractivity contribution in [3.05, 3.63) is 71.5 Å². The zero-order chi connectivity index (χ0) is 23.4. The Morgan fingerprint density at radius 3 is 2.09 bits per heavy atom. The predicted octanol–water partition coefficient (Wildman–Crippen LogP) is 4.14. The van der Waals surface area contributed by atoms with E-state index in [1.54, 1.807) is 32.0 Å². The van der Waals surface area contributed by atoms with Crippen molar-refractivity contribution in [2.24, 2.45) is 0 Å². The summed E-state index contributed by atoms with van der Waals surface area (Å²) in [5.74, 6) is -0.226. The molecule has 1 aliphatic heterocycles. The number of nitrogens with one attached hydrogen (secondary N) is 2. The van der Waals surface area contributed by atoms with E-state index in [-0.39, 0.29) is 16.8 Å². The van der Waals surface area contributed by atoms with Gasteiger partial charge < -0.3 is 10.2 Å². The largest absolute Gasteiger partial charge is 0.372 e. The van der Waals surface area contributed by atoms with Gasteiger partial charge in [-0.15, -0.1) is 0 Å². The highest BCUT2D eigenvalue weighted by Gasteiger charge is 2.17. The lowest BCUT2D eigenvalue weighted by Gasteiger charge is -2.28. The van der Waals surface area contributed by atoms with Crippen LogP contribution < -0.4 is 14.9 Å². The quantitative estimate of drug-likeness (QED) is 0.567. The molecule has 2 heterocycles. The van der Waals surface area contributed by atoms with Crippen molar-refractivity contribution < 1.29 is 13.2 Å². The Morgan fingerprint density at radius 2 is 1.48 bits per heavy atom. The molecule has 0 unspecified atom stereocenters. The first-order chi connectivity index (χ1) is 15.8. The van der Waals surface area contributed by atoms with Crippen molar-refractivity contribution in [1.82, 2.24) is 9.97 Å². The van der Waals surface area contributed by atoms with Gasteiger partial charge in [0.05, 0.1) is 4.90 Å². The summed E-state index contributed by atoms with van der Waals surface area (Å²) >= 11 is 0. The highest BCUT2D eigenvalue weighted by molar-refractivity contribution is 7.92. The lowest BCUT2D eigenvalue weighted by atomic mass is 10.1. The van der Waals surface area contributed by atoms with Gasteiger partial charge in [-0.2, -0.15) is 0 Å². The van der Waals surface area contributed by atoms with Gasteiger partial charge in [-0.25, -0.2) is 23.1 Å². The standard InChI is InChI=1S/C24H27N5O3S/c1-17-16-18(2)26-24(25-17)28-33(31,32)22-12-8-20(9-13-22)27-23(30)19-6-10-21(11-7-19)29-14-4-3-5-15-29/h6-13,16H,3-5,14-15H2,1-2H3,(H,27,30)(H,25,26,28). The van der Waals surface area contributed by atoms with E-state index in [0.29, 0.717) is 22.6 Å². The molecule has 9 heteroatoms. The molecule has 1 saturated heterocycles. The number of sulfonamides is 1. The number of rotatable bonds is 6. The van der Waals surface area contributed by atoms with Gasteiger partial charge in [-0.05, 0) is 87.7 Å². The first-order valence-electron chi connectivity index (χ1n) is 10.9. The van der Waals surface area contributed by atoms with Crippen LogP contribution in [0.15, 0.2) is 59.5 Å². The van der Waals surface area contributed by atoms with Crippen molar-refractivity contribution in [3.8, 4) is 0 Å². The Labute approximate surface area is 194 Å². The van der Waals surface area contributed by atoms with E-state index < -0.39 is 10.0 Å². The SMILES string of the molecule is Cc1cc(C)nc(NS(=O)(=O)c2ccc(NC(=O)c3ccc(N4CCCCC4)cc3)cc2)n1. The van der Waals surface area contributed by atoms with Crippen LogP contribution in [-0.2, 0) is 10.0 Å². The van der Waals surface area contributed by atoms with Crippen LogP contribution in [0.1, 0.15) is 41.0 Å². The summed E-state index contributed by atoms with van der Waals surface area (Å²) < 4.78 is 27.7. The van der Waals surface area contributed by atoms with E-state index in [1.807, 2.05) is 24.3 Å². The minimum atomic E-state index is -3.85. The molecule has 1 aliphatic rings. The molecule has 33 heavy (non-hydrogen) atoms. The number of anilines is 3. The lowest BCUT2D eigenvalue weighted by Crippen LogP contribution is -2.29. The van der Waals surface area contributed by atoms with Gasteiger partial charge in [0.25, 0.3) is 15.9 Å². The van der Waals surface area contributed by atoms with Gasteiger partial charge in [-0.3, -0.25) is 4.79 Å². The zero-order valence-electron chi connectivity index (χ0n) is 18.7. The second kappa shape index (κ2) is 9.58. The maximum absolute atomic E-state index is 12.7. The maximum Gasteiger partial charge on any atom is 0.264 e. The zero-order valence-corrected chi connectivity index (χ0v) is 19.5. The summed E-state index contributed by atoms with van der Waals surface area (Å²) in [6.07, 6.45) is 3.66. The third kappa shape index (κ3) is 5.67. The number of nitrogens with zero attached hydrogens (tertiary/aromatic N) is 3. The van der Waals surface area contributed by atoms with E-state index >= 15 is 0 Å². The summed E-state index contributed by atoms with van der Waals surface area (Å²) in [6, 6.07) is 15.3. The summed E-state index contributed by atoms with van der Waals surface area (Å²) in [5, 5.41) is 2.81. The summed E-state index contributed by atoms with van der Waals surface area (Å²) in [5.41, 5.74) is 3.51. The molecule has 8 nitrogen and oxygen atoms in total. The monoisotopic (exact) mass is 465 g/mol. The molecule has 0 aliphatic carbocycles. The number of carbonyl (C=O) groups is 1. The molecule has 172 valence electrons. The minimum Gasteiger partial charge on any atom is -0.372 e. The number of hydrogen-bond donors (Lipinski definition) is 2. The number of carbonyl (C=O) groups excluding carboxylic acids is 1. The average Bonchev–Trinajstić information content (AvgIpc) is 2.79. The van der Waals surface area contributed by atoms with Crippen molar-refractivity contribution in [2.45, 2.75) is 38.0 Å². The summed E-state index contributed by atoms with van der Waals surface area (Å²) in [4.78, 5) is 23.2. The molecule has 2 aromatic carbocycles. The molecule has 0 bridgehead atoms. The molecule has 0 saturated carbocycles. The van der Waals surface area contributed by atoms with Crippen molar-refractivity contribution >= 4 is 33.3 Å². The Hall–Kier alpha value is -3.46. The fourth-order valence-corrected chi connectivity index (χ4v) is 4.79. The van der Waals surface area contributed by atoms with Crippen molar-refractivity contribution in [3.63, 3.8) is 0 Å². The number of aryl methyl sites for hydroxylation is 2. The lowest BCUT2D eigenvalue weighted by molar-refractivity contribution is 0.102. The number of hydrogen-bond acceptors (Lipinski definition) is 6. The topological polar surface area (TPSA) is 104 Å². The average molecular weight is 466 g/mol. The van der Waals surface area contributed by atoms with Gasteiger partial charge in [0.15, 0.2) is 0 Å². The van der Waals surface area contributed by atoms with Crippen LogP contribution in [0.25, 0.3) is 0 Å². The smallest absolute Gasteiger partial charge is 0.264 e. The minimum absolute atomic E-state index is 0.0258. The van der Waals surface area contributed by atoms with E-state index in [2.05, 4.69) is 24.9 Å². The van der Waals surface area contributed by atoms with Crippen LogP contribution in [0.2, 0.25) is 0 Å². The molecule has 3 aromatic rings. The van der Waals surface area contributed by atoms with E-state index in [0.717, 1.165) is 18.8 Å². The Bertz CT molecular complexity index is 1220. The molecule has 4 rings (SSSR count). The van der Waals surface area contributed by atoms with Crippen LogP contribution in [0, 0.1) is 13.8 Å². The van der Waals surface area contributed by atoms with E-state index in [1.165, 1.54) is 31.4 Å². The van der Waals surface area contributed by atoms with Crippen LogP contribution >= 0.6 is 0 Å². The number of piperidine rings is 1. The molecular weight excluding hydrogens is 438 g/mol. The highest BCUT2D eigenvalue weighted by atomic mass is 32.2. The molecule has 1 fully saturated rings. The van der Waals surface area contributed by atoms with E-state index in [9.17, 15) is 13.2 Å². The maximum atomic E-state index is 12.7. The first kappa shape index (κ1) is 22.7. The second-order valence-electron chi connectivity index (χ2n) is 8.15. The predicted molar refractivity (Wildman–Crippen MR) is 129 cm³/mol. The van der Waals surface area contributed by atoms with Gasteiger partial charge in [-0.1, -0.05) is 0 Å². The van der Waals surface area contributed by atoms with E-state index in [4.69, 9.17) is 0 Å². The van der Waals surface area contributed by atoms with Gasteiger partial charge >= 0.3 is 0 Å². The van der Waals surface area contributed by atoms with Crippen molar-refractivity contribution in [2.75, 3.05) is 28.0 Å². The van der Waals surface area contributed by atoms with Crippen LogP contribution in [0.3, 0.4) is 0 Å². The second-order valence-corrected chi connectivity index (χ2v) is 9.84. The molecule has 0 radical (unpaired) electrons. The molecule has 0 atom stereocenters. The Kier molecular flexibility index (Phi) is 6.60. The van der Waals surface area contributed by atoms with Gasteiger partial charge in [0, 0.05) is 41.4 Å². The van der Waals surface area contributed by atoms with Gasteiger partial charge in [0.1, 0.15) is 0 Å². The summed E-state index contributed by atoms with van der Waals surface area (Å²) in [7, 11) is -3.85. The normalized spacial score (nSPS) is 14.1. The number of benzene rings is 2. The number of aromatic nitrogens is 2.